The Morgan fingerprint density at radius 2 is 2.11 bits per heavy atom. The number of hydrogen-bond donors (Lipinski definition) is 0. The van der Waals surface area contributed by atoms with Crippen molar-refractivity contribution in [2.24, 2.45) is 7.05 Å². The van der Waals surface area contributed by atoms with Crippen LogP contribution < -0.4 is 4.74 Å². The first-order valence-corrected chi connectivity index (χ1v) is 5.86. The number of ether oxygens (including phenoxy) is 1. The van der Waals surface area contributed by atoms with Gasteiger partial charge in [0.1, 0.15) is 5.75 Å². The van der Waals surface area contributed by atoms with E-state index in [2.05, 4.69) is 5.10 Å². The van der Waals surface area contributed by atoms with Gasteiger partial charge in [0.15, 0.2) is 5.78 Å². The quantitative estimate of drug-likeness (QED) is 0.776. The molecule has 94 valence electrons. The van der Waals surface area contributed by atoms with E-state index in [0.717, 1.165) is 0 Å². The van der Waals surface area contributed by atoms with Crippen molar-refractivity contribution < 1.29 is 9.53 Å². The van der Waals surface area contributed by atoms with Crippen molar-refractivity contribution in [1.29, 1.82) is 0 Å². The normalized spacial score (nSPS) is 10.7. The van der Waals surface area contributed by atoms with Crippen molar-refractivity contribution in [3.05, 3.63) is 47.8 Å². The van der Waals surface area contributed by atoms with Gasteiger partial charge in [0.25, 0.3) is 0 Å². The van der Waals surface area contributed by atoms with Gasteiger partial charge in [-0.15, -0.1) is 0 Å². The predicted octanol–water partition coefficient (Wildman–Crippen LogP) is 2.44. The molecule has 1 aromatic heterocycles. The molecule has 0 saturated carbocycles. The summed E-state index contributed by atoms with van der Waals surface area (Å²) < 4.78 is 7.19. The maximum Gasteiger partial charge on any atom is 0.196 e. The average Bonchev–Trinajstić information content (AvgIpc) is 2.74. The smallest absolute Gasteiger partial charge is 0.196 e. The zero-order chi connectivity index (χ0) is 13.1. The summed E-state index contributed by atoms with van der Waals surface area (Å²) in [4.78, 5) is 12.2. The molecule has 0 fully saturated rings. The van der Waals surface area contributed by atoms with Crippen molar-refractivity contribution in [3.63, 3.8) is 0 Å². The molecule has 18 heavy (non-hydrogen) atoms. The van der Waals surface area contributed by atoms with Crippen molar-refractivity contribution >= 4 is 5.78 Å². The Hall–Kier alpha value is -2.10. The lowest BCUT2D eigenvalue weighted by atomic mass is 10.1. The van der Waals surface area contributed by atoms with E-state index in [1.807, 2.05) is 26.0 Å². The Kier molecular flexibility index (Phi) is 3.46. The first kappa shape index (κ1) is 12.4. The van der Waals surface area contributed by atoms with Crippen molar-refractivity contribution in [2.45, 2.75) is 20.0 Å². The number of hydrogen-bond acceptors (Lipinski definition) is 3. The van der Waals surface area contributed by atoms with Gasteiger partial charge in [-0.05, 0) is 26.0 Å². The molecule has 0 N–H and O–H groups in total. The van der Waals surface area contributed by atoms with Crippen LogP contribution in [0.15, 0.2) is 36.7 Å². The molecular weight excluding hydrogens is 228 g/mol. The zero-order valence-electron chi connectivity index (χ0n) is 10.8. The van der Waals surface area contributed by atoms with Crippen LogP contribution >= 0.6 is 0 Å². The summed E-state index contributed by atoms with van der Waals surface area (Å²) in [6.45, 7) is 3.91. The molecule has 0 saturated heterocycles. The number of nitrogens with zero attached hydrogens (tertiary/aromatic N) is 2. The highest BCUT2D eigenvalue weighted by atomic mass is 16.5. The zero-order valence-corrected chi connectivity index (χ0v) is 10.8. The fourth-order valence-corrected chi connectivity index (χ4v) is 1.69. The van der Waals surface area contributed by atoms with Crippen LogP contribution in [0.25, 0.3) is 0 Å². The molecule has 0 bridgehead atoms. The van der Waals surface area contributed by atoms with Gasteiger partial charge in [-0.1, -0.05) is 12.1 Å². The van der Waals surface area contributed by atoms with Gasteiger partial charge in [0.2, 0.25) is 0 Å². The van der Waals surface area contributed by atoms with E-state index in [-0.39, 0.29) is 11.9 Å². The molecule has 4 heteroatoms. The Labute approximate surface area is 106 Å². The molecule has 0 aliphatic carbocycles. The van der Waals surface area contributed by atoms with E-state index >= 15 is 0 Å². The topological polar surface area (TPSA) is 44.1 Å². The SMILES string of the molecule is CC(C)Oc1cccc(C(=O)c2cnn(C)c2)c1. The first-order chi connectivity index (χ1) is 8.56. The second-order valence-corrected chi connectivity index (χ2v) is 4.43. The van der Waals surface area contributed by atoms with E-state index in [0.29, 0.717) is 16.9 Å². The van der Waals surface area contributed by atoms with E-state index < -0.39 is 0 Å². The van der Waals surface area contributed by atoms with Crippen LogP contribution in [0.2, 0.25) is 0 Å². The van der Waals surface area contributed by atoms with E-state index in [1.165, 1.54) is 0 Å². The molecule has 1 aromatic carbocycles. The number of carbonyl (C=O) groups excluding carboxylic acids is 1. The van der Waals surface area contributed by atoms with Crippen LogP contribution in [0.5, 0.6) is 5.75 Å². The van der Waals surface area contributed by atoms with Gasteiger partial charge < -0.3 is 4.74 Å². The van der Waals surface area contributed by atoms with Crippen LogP contribution in [-0.4, -0.2) is 21.7 Å². The minimum absolute atomic E-state index is 0.0442. The molecule has 2 rings (SSSR count). The average molecular weight is 244 g/mol. The van der Waals surface area contributed by atoms with Crippen LogP contribution in [0.1, 0.15) is 29.8 Å². The third-order valence-corrected chi connectivity index (χ3v) is 2.44. The van der Waals surface area contributed by atoms with Crippen molar-refractivity contribution in [1.82, 2.24) is 9.78 Å². The number of aryl methyl sites for hydroxylation is 1. The van der Waals surface area contributed by atoms with Crippen LogP contribution in [0.4, 0.5) is 0 Å². The molecule has 0 amide bonds. The molecule has 0 radical (unpaired) electrons. The molecule has 0 aliphatic rings. The lowest BCUT2D eigenvalue weighted by Gasteiger charge is -2.10. The van der Waals surface area contributed by atoms with Crippen LogP contribution in [0, 0.1) is 0 Å². The highest BCUT2D eigenvalue weighted by Crippen LogP contribution is 2.17. The fourth-order valence-electron chi connectivity index (χ4n) is 1.69. The van der Waals surface area contributed by atoms with Gasteiger partial charge in [-0.2, -0.15) is 5.10 Å². The number of carbonyl (C=O) groups is 1. The summed E-state index contributed by atoms with van der Waals surface area (Å²) in [5.74, 6) is 0.664. The minimum atomic E-state index is -0.0442. The number of ketones is 1. The monoisotopic (exact) mass is 244 g/mol. The summed E-state index contributed by atoms with van der Waals surface area (Å²) in [7, 11) is 1.79. The van der Waals surface area contributed by atoms with Gasteiger partial charge >= 0.3 is 0 Å². The minimum Gasteiger partial charge on any atom is -0.491 e. The molecule has 1 heterocycles. The van der Waals surface area contributed by atoms with Gasteiger partial charge in [-0.25, -0.2) is 0 Å². The molecule has 4 nitrogen and oxygen atoms in total. The van der Waals surface area contributed by atoms with Gasteiger partial charge in [0.05, 0.1) is 17.9 Å². The van der Waals surface area contributed by atoms with E-state index in [1.54, 1.807) is 36.3 Å². The van der Waals surface area contributed by atoms with Crippen molar-refractivity contribution in [3.8, 4) is 5.75 Å². The molecular formula is C14H16N2O2. The third kappa shape index (κ3) is 2.77. The summed E-state index contributed by atoms with van der Waals surface area (Å²) in [5.41, 5.74) is 1.19. The van der Waals surface area contributed by atoms with Crippen LogP contribution in [-0.2, 0) is 7.05 Å². The Bertz CT molecular complexity index is 558. The largest absolute Gasteiger partial charge is 0.491 e. The lowest BCUT2D eigenvalue weighted by Crippen LogP contribution is -2.07. The number of benzene rings is 1. The summed E-state index contributed by atoms with van der Waals surface area (Å²) >= 11 is 0. The Balaban J connectivity index is 2.25. The highest BCUT2D eigenvalue weighted by Gasteiger charge is 2.11. The maximum absolute atomic E-state index is 12.2. The molecule has 0 unspecified atom stereocenters. The molecule has 0 spiro atoms. The van der Waals surface area contributed by atoms with E-state index in [4.69, 9.17) is 4.74 Å². The summed E-state index contributed by atoms with van der Waals surface area (Å²) in [5, 5.41) is 4.00. The summed E-state index contributed by atoms with van der Waals surface area (Å²) in [6.07, 6.45) is 3.37. The standard InChI is InChI=1S/C14H16N2O2/c1-10(2)18-13-6-4-5-11(7-13)14(17)12-8-15-16(3)9-12/h4-10H,1-3H3. The van der Waals surface area contributed by atoms with Gasteiger partial charge in [0, 0.05) is 18.8 Å². The second kappa shape index (κ2) is 5.04. The lowest BCUT2D eigenvalue weighted by molar-refractivity contribution is 0.103. The highest BCUT2D eigenvalue weighted by molar-refractivity contribution is 6.08. The Morgan fingerprint density at radius 1 is 1.33 bits per heavy atom. The second-order valence-electron chi connectivity index (χ2n) is 4.43. The molecule has 0 atom stereocenters. The van der Waals surface area contributed by atoms with Crippen molar-refractivity contribution in [2.75, 3.05) is 0 Å². The van der Waals surface area contributed by atoms with E-state index in [9.17, 15) is 4.79 Å². The number of aromatic nitrogens is 2. The van der Waals surface area contributed by atoms with Crippen LogP contribution in [0.3, 0.4) is 0 Å². The maximum atomic E-state index is 12.2. The third-order valence-electron chi connectivity index (χ3n) is 2.44. The molecule has 0 aliphatic heterocycles. The predicted molar refractivity (Wildman–Crippen MR) is 68.8 cm³/mol. The van der Waals surface area contributed by atoms with Gasteiger partial charge in [-0.3, -0.25) is 9.48 Å². The Morgan fingerprint density at radius 3 is 2.72 bits per heavy atom. The number of rotatable bonds is 4. The first-order valence-electron chi connectivity index (χ1n) is 5.86. The fraction of sp³-hybridized carbons (Fsp3) is 0.286. The molecule has 2 aromatic rings. The summed E-state index contributed by atoms with van der Waals surface area (Å²) in [6, 6.07) is 7.21.